The van der Waals surface area contributed by atoms with Gasteiger partial charge in [-0.2, -0.15) is 9.57 Å². The van der Waals surface area contributed by atoms with Crippen LogP contribution in [0.3, 0.4) is 0 Å². The van der Waals surface area contributed by atoms with E-state index in [0.717, 1.165) is 23.3 Å². The topological polar surface area (TPSA) is 61.2 Å². The van der Waals surface area contributed by atoms with Gasteiger partial charge in [0.1, 0.15) is 10.3 Å². The predicted molar refractivity (Wildman–Crippen MR) is 66.6 cm³/mol. The van der Waals surface area contributed by atoms with E-state index in [1.807, 2.05) is 6.07 Å². The maximum atomic E-state index is 12.3. The van der Waals surface area contributed by atoms with Crippen molar-refractivity contribution >= 4 is 33.0 Å². The van der Waals surface area contributed by atoms with Gasteiger partial charge in [-0.1, -0.05) is 11.6 Å². The third-order valence-corrected chi connectivity index (χ3v) is 6.66. The molecule has 92 valence electrons. The van der Waals surface area contributed by atoms with Gasteiger partial charge in [0.25, 0.3) is 10.0 Å². The van der Waals surface area contributed by atoms with Crippen LogP contribution in [0.15, 0.2) is 10.3 Å². The van der Waals surface area contributed by atoms with E-state index in [1.165, 1.54) is 4.31 Å². The molecule has 0 spiro atoms. The van der Waals surface area contributed by atoms with E-state index in [0.29, 0.717) is 17.3 Å². The van der Waals surface area contributed by atoms with Crippen molar-refractivity contribution in [3.8, 4) is 6.07 Å². The van der Waals surface area contributed by atoms with Gasteiger partial charge in [0.2, 0.25) is 0 Å². The van der Waals surface area contributed by atoms with Gasteiger partial charge in [-0.25, -0.2) is 8.42 Å². The van der Waals surface area contributed by atoms with Crippen LogP contribution in [-0.2, 0) is 10.0 Å². The summed E-state index contributed by atoms with van der Waals surface area (Å²) in [6, 6.07) is 3.05. The molecule has 0 aromatic carbocycles. The molecule has 1 saturated heterocycles. The minimum Gasteiger partial charge on any atom is -0.206 e. The zero-order valence-electron chi connectivity index (χ0n) is 9.18. The van der Waals surface area contributed by atoms with Crippen LogP contribution in [0, 0.1) is 18.3 Å². The van der Waals surface area contributed by atoms with E-state index < -0.39 is 16.1 Å². The molecule has 0 bridgehead atoms. The average Bonchev–Trinajstić information content (AvgIpc) is 2.86. The van der Waals surface area contributed by atoms with Crippen molar-refractivity contribution in [1.29, 1.82) is 5.26 Å². The Bertz CT molecular complexity index is 554. The summed E-state index contributed by atoms with van der Waals surface area (Å²) in [5.74, 6) is 0. The number of rotatable bonds is 2. The smallest absolute Gasteiger partial charge is 0.206 e. The molecule has 1 unspecified atom stereocenters. The van der Waals surface area contributed by atoms with Gasteiger partial charge in [-0.05, 0) is 31.4 Å². The first kappa shape index (κ1) is 12.8. The van der Waals surface area contributed by atoms with E-state index in [2.05, 4.69) is 0 Å². The summed E-state index contributed by atoms with van der Waals surface area (Å²) in [7, 11) is -3.56. The fourth-order valence-corrected chi connectivity index (χ4v) is 5.28. The fraction of sp³-hybridized carbons (Fsp3) is 0.500. The highest BCUT2D eigenvalue weighted by molar-refractivity contribution is 7.91. The summed E-state index contributed by atoms with van der Waals surface area (Å²) in [6.45, 7) is 2.18. The lowest BCUT2D eigenvalue weighted by Gasteiger charge is -2.17. The summed E-state index contributed by atoms with van der Waals surface area (Å²) >= 11 is 6.93. The lowest BCUT2D eigenvalue weighted by Crippen LogP contribution is -2.34. The molecule has 1 fully saturated rings. The van der Waals surface area contributed by atoms with E-state index in [-0.39, 0.29) is 4.21 Å². The number of hydrogen-bond donors (Lipinski definition) is 0. The maximum Gasteiger partial charge on any atom is 0.253 e. The fourth-order valence-electron chi connectivity index (χ4n) is 1.83. The van der Waals surface area contributed by atoms with Crippen LogP contribution in [-0.4, -0.2) is 25.3 Å². The molecule has 4 nitrogen and oxygen atoms in total. The molecule has 0 N–H and O–H groups in total. The first-order valence-corrected chi connectivity index (χ1v) is 7.77. The highest BCUT2D eigenvalue weighted by atomic mass is 35.5. The second-order valence-electron chi connectivity index (χ2n) is 3.93. The lowest BCUT2D eigenvalue weighted by molar-refractivity contribution is 0.439. The average molecular weight is 291 g/mol. The normalized spacial score (nSPS) is 21.6. The SMILES string of the molecule is Cc1cc(S(=O)(=O)N2CCCC2C#N)sc1Cl. The minimum atomic E-state index is -3.56. The quantitative estimate of drug-likeness (QED) is 0.840. The Morgan fingerprint density at radius 3 is 2.88 bits per heavy atom. The van der Waals surface area contributed by atoms with Crippen molar-refractivity contribution in [3.05, 3.63) is 16.0 Å². The number of nitrogens with zero attached hydrogens (tertiary/aromatic N) is 2. The molecule has 1 aromatic heterocycles. The Kier molecular flexibility index (Phi) is 3.46. The molecule has 0 radical (unpaired) electrons. The molecule has 17 heavy (non-hydrogen) atoms. The van der Waals surface area contributed by atoms with Crippen molar-refractivity contribution in [1.82, 2.24) is 4.31 Å². The maximum absolute atomic E-state index is 12.3. The van der Waals surface area contributed by atoms with Gasteiger partial charge < -0.3 is 0 Å². The molecule has 1 aliphatic heterocycles. The highest BCUT2D eigenvalue weighted by Gasteiger charge is 2.36. The monoisotopic (exact) mass is 290 g/mol. The van der Waals surface area contributed by atoms with Crippen LogP contribution in [0.4, 0.5) is 0 Å². The van der Waals surface area contributed by atoms with Crippen LogP contribution in [0.2, 0.25) is 4.34 Å². The van der Waals surface area contributed by atoms with Crippen LogP contribution in [0.1, 0.15) is 18.4 Å². The number of sulfonamides is 1. The van der Waals surface area contributed by atoms with Crippen molar-refractivity contribution in [2.75, 3.05) is 6.54 Å². The Balaban J connectivity index is 2.40. The molecule has 2 rings (SSSR count). The van der Waals surface area contributed by atoms with Gasteiger partial charge in [0.15, 0.2) is 0 Å². The van der Waals surface area contributed by atoms with Crippen molar-refractivity contribution in [2.45, 2.75) is 30.0 Å². The molecule has 1 atom stereocenters. The Morgan fingerprint density at radius 1 is 1.65 bits per heavy atom. The molecular formula is C10H11ClN2O2S2. The van der Waals surface area contributed by atoms with E-state index in [1.54, 1.807) is 13.0 Å². The zero-order chi connectivity index (χ0) is 12.6. The molecule has 0 saturated carbocycles. The number of hydrogen-bond acceptors (Lipinski definition) is 4. The number of thiophene rings is 1. The second kappa shape index (κ2) is 4.58. The third kappa shape index (κ3) is 2.20. The Morgan fingerprint density at radius 2 is 2.35 bits per heavy atom. The van der Waals surface area contributed by atoms with Crippen LogP contribution >= 0.6 is 22.9 Å². The minimum absolute atomic E-state index is 0.224. The zero-order valence-corrected chi connectivity index (χ0v) is 11.6. The molecule has 0 amide bonds. The molecule has 0 aliphatic carbocycles. The van der Waals surface area contributed by atoms with Gasteiger partial charge in [0.05, 0.1) is 10.4 Å². The van der Waals surface area contributed by atoms with Gasteiger partial charge in [-0.15, -0.1) is 11.3 Å². The lowest BCUT2D eigenvalue weighted by atomic mass is 10.2. The summed E-state index contributed by atoms with van der Waals surface area (Å²) in [4.78, 5) is 0. The second-order valence-corrected chi connectivity index (χ2v) is 7.70. The predicted octanol–water partition coefficient (Wildman–Crippen LogP) is 2.39. The summed E-state index contributed by atoms with van der Waals surface area (Å²) < 4.78 is 26.6. The first-order valence-electron chi connectivity index (χ1n) is 5.14. The highest BCUT2D eigenvalue weighted by Crippen LogP contribution is 2.34. The molecule has 2 heterocycles. The standard InChI is InChI=1S/C10H11ClN2O2S2/c1-7-5-9(16-10(7)11)17(14,15)13-4-2-3-8(13)6-12/h5,8H,2-4H2,1H3. The third-order valence-electron chi connectivity index (χ3n) is 2.75. The first-order chi connectivity index (χ1) is 7.96. The summed E-state index contributed by atoms with van der Waals surface area (Å²) in [5, 5.41) is 8.93. The van der Waals surface area contributed by atoms with Gasteiger partial charge >= 0.3 is 0 Å². The number of nitriles is 1. The van der Waals surface area contributed by atoms with Crippen LogP contribution in [0.5, 0.6) is 0 Å². The summed E-state index contributed by atoms with van der Waals surface area (Å²) in [6.07, 6.45) is 1.34. The van der Waals surface area contributed by atoms with Crippen LogP contribution < -0.4 is 0 Å². The summed E-state index contributed by atoms with van der Waals surface area (Å²) in [5.41, 5.74) is 0.753. The van der Waals surface area contributed by atoms with Crippen LogP contribution in [0.25, 0.3) is 0 Å². The largest absolute Gasteiger partial charge is 0.253 e. The van der Waals surface area contributed by atoms with E-state index in [9.17, 15) is 8.42 Å². The molecular weight excluding hydrogens is 280 g/mol. The van der Waals surface area contributed by atoms with Gasteiger partial charge in [0, 0.05) is 6.54 Å². The van der Waals surface area contributed by atoms with Crippen molar-refractivity contribution < 1.29 is 8.42 Å². The molecule has 1 aromatic rings. The van der Waals surface area contributed by atoms with Crippen molar-refractivity contribution in [3.63, 3.8) is 0 Å². The molecule has 1 aliphatic rings. The van der Waals surface area contributed by atoms with Gasteiger partial charge in [-0.3, -0.25) is 0 Å². The Labute approximate surface area is 109 Å². The van der Waals surface area contributed by atoms with Crippen molar-refractivity contribution in [2.24, 2.45) is 0 Å². The number of halogens is 1. The number of aryl methyl sites for hydroxylation is 1. The molecule has 7 heteroatoms. The van der Waals surface area contributed by atoms with E-state index in [4.69, 9.17) is 16.9 Å². The Hall–Kier alpha value is -0.610. The van der Waals surface area contributed by atoms with E-state index >= 15 is 0 Å².